The highest BCUT2D eigenvalue weighted by molar-refractivity contribution is 7.22. The lowest BCUT2D eigenvalue weighted by Gasteiger charge is -2.13. The number of benzene rings is 2. The molecular weight excluding hydrogens is 388 g/mol. The Morgan fingerprint density at radius 1 is 1.10 bits per heavy atom. The quantitative estimate of drug-likeness (QED) is 0.506. The molecule has 2 aromatic carbocycles. The molecule has 6 nitrogen and oxygen atoms in total. The lowest BCUT2D eigenvalue weighted by atomic mass is 10.2. The van der Waals surface area contributed by atoms with Gasteiger partial charge >= 0.3 is 0 Å². The zero-order valence-corrected chi connectivity index (χ0v) is 16.6. The summed E-state index contributed by atoms with van der Waals surface area (Å²) in [6.45, 7) is 0.209. The standard InChI is InChI=1S/C22H20N2O4S/c1-27-17-9-7-15(8-10-17)20-11-19-21(29-20)22(26)24(14-23-19)12-16(25)13-28-18-5-3-2-4-6-18/h2-11,14,16,25H,12-13H2,1H3. The van der Waals surface area contributed by atoms with E-state index in [1.165, 1.54) is 22.2 Å². The van der Waals surface area contributed by atoms with Gasteiger partial charge in [0.05, 0.1) is 25.5 Å². The molecule has 0 aliphatic rings. The summed E-state index contributed by atoms with van der Waals surface area (Å²) in [6, 6.07) is 18.8. The van der Waals surface area contributed by atoms with E-state index in [1.807, 2.05) is 60.7 Å². The van der Waals surface area contributed by atoms with Crippen LogP contribution >= 0.6 is 11.3 Å². The number of fused-ring (bicyclic) bond motifs is 1. The predicted octanol–water partition coefficient (Wildman–Crippen LogP) is 3.57. The van der Waals surface area contributed by atoms with Crippen molar-refractivity contribution in [3.63, 3.8) is 0 Å². The molecule has 148 valence electrons. The van der Waals surface area contributed by atoms with Crippen molar-refractivity contribution in [2.75, 3.05) is 13.7 Å². The van der Waals surface area contributed by atoms with Gasteiger partial charge in [-0.05, 0) is 48.0 Å². The lowest BCUT2D eigenvalue weighted by molar-refractivity contribution is 0.0915. The van der Waals surface area contributed by atoms with Crippen LogP contribution < -0.4 is 15.0 Å². The Kier molecular flexibility index (Phi) is 5.59. The second-order valence-electron chi connectivity index (χ2n) is 6.53. The number of nitrogens with zero attached hydrogens (tertiary/aromatic N) is 2. The van der Waals surface area contributed by atoms with Crippen molar-refractivity contribution in [3.05, 3.63) is 77.3 Å². The number of ether oxygens (including phenoxy) is 2. The van der Waals surface area contributed by atoms with Gasteiger partial charge in [0.1, 0.15) is 28.9 Å². The zero-order chi connectivity index (χ0) is 20.2. The van der Waals surface area contributed by atoms with Crippen LogP contribution in [0, 0.1) is 0 Å². The average Bonchev–Trinajstić information content (AvgIpc) is 3.20. The topological polar surface area (TPSA) is 73.6 Å². The predicted molar refractivity (Wildman–Crippen MR) is 114 cm³/mol. The maximum atomic E-state index is 12.8. The first-order valence-corrected chi connectivity index (χ1v) is 9.95. The van der Waals surface area contributed by atoms with Gasteiger partial charge in [0, 0.05) is 4.88 Å². The van der Waals surface area contributed by atoms with Crippen molar-refractivity contribution >= 4 is 21.6 Å². The lowest BCUT2D eigenvalue weighted by Crippen LogP contribution is -2.30. The molecular formula is C22H20N2O4S. The van der Waals surface area contributed by atoms with Gasteiger partial charge in [0.25, 0.3) is 5.56 Å². The van der Waals surface area contributed by atoms with Crippen molar-refractivity contribution in [3.8, 4) is 21.9 Å². The van der Waals surface area contributed by atoms with Crippen molar-refractivity contribution < 1.29 is 14.6 Å². The van der Waals surface area contributed by atoms with E-state index in [4.69, 9.17) is 9.47 Å². The van der Waals surface area contributed by atoms with Gasteiger partial charge < -0.3 is 14.6 Å². The molecule has 1 N–H and O–H groups in total. The van der Waals surface area contributed by atoms with Crippen LogP contribution in [0.25, 0.3) is 20.7 Å². The van der Waals surface area contributed by atoms with E-state index in [9.17, 15) is 9.90 Å². The monoisotopic (exact) mass is 408 g/mol. The Labute approximate surface area is 171 Å². The summed E-state index contributed by atoms with van der Waals surface area (Å²) in [6.07, 6.45) is 0.647. The SMILES string of the molecule is COc1ccc(-c2cc3ncn(CC(O)COc4ccccc4)c(=O)c3s2)cc1. The van der Waals surface area contributed by atoms with E-state index >= 15 is 0 Å². The largest absolute Gasteiger partial charge is 0.497 e. The van der Waals surface area contributed by atoms with Crippen LogP contribution in [0.1, 0.15) is 0 Å². The zero-order valence-electron chi connectivity index (χ0n) is 15.8. The molecule has 0 amide bonds. The van der Waals surface area contributed by atoms with Gasteiger partial charge in [-0.1, -0.05) is 18.2 Å². The minimum Gasteiger partial charge on any atom is -0.497 e. The van der Waals surface area contributed by atoms with Crippen LogP contribution in [0.4, 0.5) is 0 Å². The fourth-order valence-electron chi connectivity index (χ4n) is 2.96. The number of aliphatic hydroxyl groups excluding tert-OH is 1. The summed E-state index contributed by atoms with van der Waals surface area (Å²) >= 11 is 1.39. The minimum absolute atomic E-state index is 0.0933. The molecule has 2 heterocycles. The maximum Gasteiger partial charge on any atom is 0.271 e. The number of rotatable bonds is 7. The second-order valence-corrected chi connectivity index (χ2v) is 7.59. The Bertz CT molecular complexity index is 1150. The molecule has 0 saturated carbocycles. The molecule has 1 atom stereocenters. The number of hydrogen-bond donors (Lipinski definition) is 1. The van der Waals surface area contributed by atoms with E-state index in [-0.39, 0.29) is 18.7 Å². The van der Waals surface area contributed by atoms with Crippen molar-refractivity contribution in [2.24, 2.45) is 0 Å². The van der Waals surface area contributed by atoms with Crippen LogP contribution in [0.2, 0.25) is 0 Å². The number of para-hydroxylation sites is 1. The summed E-state index contributed by atoms with van der Waals surface area (Å²) in [7, 11) is 1.63. The van der Waals surface area contributed by atoms with Gasteiger partial charge in [-0.3, -0.25) is 9.36 Å². The fraction of sp³-hybridized carbons (Fsp3) is 0.182. The number of aromatic nitrogens is 2. The first-order valence-electron chi connectivity index (χ1n) is 9.13. The Morgan fingerprint density at radius 2 is 1.86 bits per heavy atom. The third-order valence-corrected chi connectivity index (χ3v) is 5.63. The van der Waals surface area contributed by atoms with E-state index in [0.29, 0.717) is 16.0 Å². The van der Waals surface area contributed by atoms with Crippen LogP contribution in [0.5, 0.6) is 11.5 Å². The summed E-state index contributed by atoms with van der Waals surface area (Å²) in [5.41, 5.74) is 1.48. The first-order chi connectivity index (χ1) is 14.1. The number of methoxy groups -OCH3 is 1. The highest BCUT2D eigenvalue weighted by Crippen LogP contribution is 2.31. The molecule has 7 heteroatoms. The van der Waals surface area contributed by atoms with E-state index in [1.54, 1.807) is 7.11 Å². The summed E-state index contributed by atoms with van der Waals surface area (Å²) < 4.78 is 12.7. The summed E-state index contributed by atoms with van der Waals surface area (Å²) in [5, 5.41) is 10.3. The molecule has 0 aliphatic heterocycles. The molecule has 4 rings (SSSR count). The average molecular weight is 408 g/mol. The summed E-state index contributed by atoms with van der Waals surface area (Å²) in [5.74, 6) is 1.46. The van der Waals surface area contributed by atoms with E-state index in [0.717, 1.165) is 16.2 Å². The van der Waals surface area contributed by atoms with Gasteiger partial charge in [0.15, 0.2) is 0 Å². The minimum atomic E-state index is -0.826. The second kappa shape index (κ2) is 8.46. The fourth-order valence-corrected chi connectivity index (χ4v) is 4.03. The van der Waals surface area contributed by atoms with Gasteiger partial charge in [-0.2, -0.15) is 0 Å². The molecule has 0 fully saturated rings. The normalized spacial score (nSPS) is 12.1. The highest BCUT2D eigenvalue weighted by Gasteiger charge is 2.13. The van der Waals surface area contributed by atoms with Crippen molar-refractivity contribution in [2.45, 2.75) is 12.6 Å². The van der Waals surface area contributed by atoms with Crippen LogP contribution in [0.3, 0.4) is 0 Å². The Morgan fingerprint density at radius 3 is 2.59 bits per heavy atom. The Balaban J connectivity index is 1.51. The number of aliphatic hydroxyl groups is 1. The third kappa shape index (κ3) is 4.31. The highest BCUT2D eigenvalue weighted by atomic mass is 32.1. The molecule has 0 bridgehead atoms. The molecule has 1 unspecified atom stereocenters. The van der Waals surface area contributed by atoms with Crippen LogP contribution in [-0.4, -0.2) is 34.5 Å². The first kappa shape index (κ1) is 19.2. The molecule has 0 aliphatic carbocycles. The Hall–Kier alpha value is -3.16. The maximum absolute atomic E-state index is 12.8. The van der Waals surface area contributed by atoms with Crippen LogP contribution in [-0.2, 0) is 6.54 Å². The van der Waals surface area contributed by atoms with Crippen LogP contribution in [0.15, 0.2) is 71.8 Å². The van der Waals surface area contributed by atoms with Gasteiger partial charge in [0.2, 0.25) is 0 Å². The van der Waals surface area contributed by atoms with E-state index in [2.05, 4.69) is 4.98 Å². The number of hydrogen-bond acceptors (Lipinski definition) is 6. The van der Waals surface area contributed by atoms with E-state index < -0.39 is 6.10 Å². The molecule has 0 radical (unpaired) electrons. The molecule has 0 saturated heterocycles. The number of thiophene rings is 1. The molecule has 2 aromatic heterocycles. The van der Waals surface area contributed by atoms with Crippen molar-refractivity contribution in [1.82, 2.24) is 9.55 Å². The molecule has 0 spiro atoms. The summed E-state index contributed by atoms with van der Waals surface area (Å²) in [4.78, 5) is 18.2. The van der Waals surface area contributed by atoms with Gasteiger partial charge in [-0.15, -0.1) is 11.3 Å². The van der Waals surface area contributed by atoms with Gasteiger partial charge in [-0.25, -0.2) is 4.98 Å². The molecule has 29 heavy (non-hydrogen) atoms. The van der Waals surface area contributed by atoms with Crippen molar-refractivity contribution in [1.29, 1.82) is 0 Å². The molecule has 4 aromatic rings. The smallest absolute Gasteiger partial charge is 0.271 e. The third-order valence-electron chi connectivity index (χ3n) is 4.47.